The molecule has 20 heavy (non-hydrogen) atoms. The number of anilines is 1. The van der Waals surface area contributed by atoms with E-state index in [0.717, 1.165) is 15.7 Å². The highest BCUT2D eigenvalue weighted by molar-refractivity contribution is 9.10. The van der Waals surface area contributed by atoms with Crippen molar-refractivity contribution in [3.63, 3.8) is 0 Å². The molecule has 0 heterocycles. The molecule has 0 aliphatic carbocycles. The fraction of sp³-hybridized carbons (Fsp3) is 0.0667. The van der Waals surface area contributed by atoms with Crippen LogP contribution in [0.5, 0.6) is 0 Å². The van der Waals surface area contributed by atoms with Crippen LogP contribution in [-0.4, -0.2) is 23.4 Å². The number of hydrogen-bond acceptors (Lipinski definition) is 2. The van der Waals surface area contributed by atoms with Gasteiger partial charge < -0.3 is 5.32 Å². The molecule has 0 spiro atoms. The normalized spacial score (nSPS) is 10.5. The second-order valence-electron chi connectivity index (χ2n) is 4.12. The maximum Gasteiger partial charge on any atom is 0.193 e. The third kappa shape index (κ3) is 4.43. The van der Waals surface area contributed by atoms with Crippen LogP contribution in [0, 0.1) is 0 Å². The number of rotatable bonds is 3. The largest absolute Gasteiger partial charge is 0.331 e. The molecular weight excluding hydrogens is 334 g/mol. The molecule has 2 rings (SSSR count). The van der Waals surface area contributed by atoms with E-state index < -0.39 is 0 Å². The minimum absolute atomic E-state index is 0.546. The lowest BCUT2D eigenvalue weighted by Crippen LogP contribution is -2.26. The molecule has 2 aromatic carbocycles. The first kappa shape index (κ1) is 14.7. The van der Waals surface area contributed by atoms with Crippen molar-refractivity contribution < 1.29 is 0 Å². The maximum absolute atomic E-state index is 5.29. The molecule has 0 radical (unpaired) electrons. The van der Waals surface area contributed by atoms with Gasteiger partial charge in [0.15, 0.2) is 5.11 Å². The molecule has 2 aromatic rings. The molecule has 0 saturated heterocycles. The van der Waals surface area contributed by atoms with Crippen molar-refractivity contribution in [1.82, 2.24) is 5.01 Å². The van der Waals surface area contributed by atoms with Crippen LogP contribution in [-0.2, 0) is 0 Å². The molecule has 0 atom stereocenters. The van der Waals surface area contributed by atoms with Gasteiger partial charge in [0, 0.05) is 17.2 Å². The molecular formula is C15H14BrN3S. The van der Waals surface area contributed by atoms with E-state index in [1.165, 1.54) is 0 Å². The lowest BCUT2D eigenvalue weighted by atomic mass is 10.2. The Morgan fingerprint density at radius 2 is 1.80 bits per heavy atom. The summed E-state index contributed by atoms with van der Waals surface area (Å²) in [6.45, 7) is 0. The third-order valence-corrected chi connectivity index (χ3v) is 3.46. The van der Waals surface area contributed by atoms with E-state index in [9.17, 15) is 0 Å². The number of thiocarbonyl (C=S) groups is 1. The predicted octanol–water partition coefficient (Wildman–Crippen LogP) is 4.11. The lowest BCUT2D eigenvalue weighted by molar-refractivity contribution is 0.557. The van der Waals surface area contributed by atoms with Crippen molar-refractivity contribution in [3.05, 3.63) is 64.6 Å². The number of halogens is 1. The van der Waals surface area contributed by atoms with Crippen LogP contribution in [0.15, 0.2) is 64.2 Å². The average Bonchev–Trinajstić information content (AvgIpc) is 2.47. The van der Waals surface area contributed by atoms with Gasteiger partial charge in [0.05, 0.1) is 6.21 Å². The molecule has 0 bridgehead atoms. The summed E-state index contributed by atoms with van der Waals surface area (Å²) in [5, 5.41) is 9.61. The molecule has 0 amide bonds. The summed E-state index contributed by atoms with van der Waals surface area (Å²) in [5.74, 6) is 0. The fourth-order valence-electron chi connectivity index (χ4n) is 1.48. The van der Waals surface area contributed by atoms with Gasteiger partial charge in [-0.05, 0) is 42.0 Å². The zero-order chi connectivity index (χ0) is 14.4. The number of benzene rings is 2. The molecule has 0 fully saturated rings. The maximum atomic E-state index is 5.29. The van der Waals surface area contributed by atoms with Gasteiger partial charge in [0.25, 0.3) is 0 Å². The highest BCUT2D eigenvalue weighted by Crippen LogP contribution is 2.09. The summed E-state index contributed by atoms with van der Waals surface area (Å²) in [7, 11) is 1.81. The van der Waals surface area contributed by atoms with Gasteiger partial charge in [-0.25, -0.2) is 5.01 Å². The van der Waals surface area contributed by atoms with E-state index in [1.54, 1.807) is 11.2 Å². The lowest BCUT2D eigenvalue weighted by Gasteiger charge is -2.15. The Bertz CT molecular complexity index is 596. The smallest absolute Gasteiger partial charge is 0.193 e. The molecule has 5 heteroatoms. The minimum atomic E-state index is 0.546. The van der Waals surface area contributed by atoms with Gasteiger partial charge in [-0.2, -0.15) is 5.10 Å². The summed E-state index contributed by atoms with van der Waals surface area (Å²) < 4.78 is 1.05. The Balaban J connectivity index is 1.95. The first-order valence-corrected chi connectivity index (χ1v) is 7.24. The van der Waals surface area contributed by atoms with Gasteiger partial charge in [-0.15, -0.1) is 0 Å². The van der Waals surface area contributed by atoms with Crippen LogP contribution in [0.2, 0.25) is 0 Å². The zero-order valence-corrected chi connectivity index (χ0v) is 13.4. The van der Waals surface area contributed by atoms with Crippen molar-refractivity contribution >= 4 is 45.2 Å². The monoisotopic (exact) mass is 347 g/mol. The first-order valence-electron chi connectivity index (χ1n) is 6.04. The second kappa shape index (κ2) is 7.17. The number of nitrogens with one attached hydrogen (secondary N) is 1. The average molecular weight is 348 g/mol. The van der Waals surface area contributed by atoms with Crippen molar-refractivity contribution in [2.24, 2.45) is 5.10 Å². The molecule has 0 aromatic heterocycles. The van der Waals surface area contributed by atoms with E-state index in [1.807, 2.05) is 61.6 Å². The number of nitrogens with zero attached hydrogens (tertiary/aromatic N) is 2. The van der Waals surface area contributed by atoms with Crippen LogP contribution in [0.1, 0.15) is 5.56 Å². The van der Waals surface area contributed by atoms with E-state index in [2.05, 4.69) is 26.3 Å². The fourth-order valence-corrected chi connectivity index (χ4v) is 1.91. The van der Waals surface area contributed by atoms with Gasteiger partial charge >= 0.3 is 0 Å². The Labute approximate surface area is 132 Å². The third-order valence-electron chi connectivity index (χ3n) is 2.57. The molecule has 102 valence electrons. The van der Waals surface area contributed by atoms with Gasteiger partial charge in [0.2, 0.25) is 0 Å². The SMILES string of the molecule is CN(/N=C/c1ccc(Br)cc1)C(=S)Nc1ccccc1. The van der Waals surface area contributed by atoms with Crippen molar-refractivity contribution in [2.75, 3.05) is 12.4 Å². The van der Waals surface area contributed by atoms with E-state index in [-0.39, 0.29) is 0 Å². The summed E-state index contributed by atoms with van der Waals surface area (Å²) in [6, 6.07) is 17.7. The van der Waals surface area contributed by atoms with Crippen LogP contribution in [0.25, 0.3) is 0 Å². The summed E-state index contributed by atoms with van der Waals surface area (Å²) >= 11 is 8.69. The first-order chi connectivity index (χ1) is 9.65. The van der Waals surface area contributed by atoms with Crippen LogP contribution < -0.4 is 5.32 Å². The van der Waals surface area contributed by atoms with Crippen LogP contribution in [0.3, 0.4) is 0 Å². The van der Waals surface area contributed by atoms with Gasteiger partial charge in [-0.3, -0.25) is 0 Å². The molecule has 0 unspecified atom stereocenters. The Morgan fingerprint density at radius 3 is 2.45 bits per heavy atom. The van der Waals surface area contributed by atoms with E-state index in [4.69, 9.17) is 12.2 Å². The highest BCUT2D eigenvalue weighted by atomic mass is 79.9. The second-order valence-corrected chi connectivity index (χ2v) is 5.42. The van der Waals surface area contributed by atoms with E-state index >= 15 is 0 Å². The molecule has 1 N–H and O–H groups in total. The zero-order valence-electron chi connectivity index (χ0n) is 11.0. The Hall–Kier alpha value is -1.72. The standard InChI is InChI=1S/C15H14BrN3S/c1-19(15(20)18-14-5-3-2-4-6-14)17-11-12-7-9-13(16)10-8-12/h2-11H,1H3,(H,18,20)/b17-11+. The molecule has 3 nitrogen and oxygen atoms in total. The topological polar surface area (TPSA) is 27.6 Å². The number of hydrogen-bond donors (Lipinski definition) is 1. The van der Waals surface area contributed by atoms with E-state index in [0.29, 0.717) is 5.11 Å². The van der Waals surface area contributed by atoms with Crippen molar-refractivity contribution in [3.8, 4) is 0 Å². The van der Waals surface area contributed by atoms with Crippen LogP contribution >= 0.6 is 28.1 Å². The highest BCUT2D eigenvalue weighted by Gasteiger charge is 2.01. The Kier molecular flexibility index (Phi) is 5.26. The van der Waals surface area contributed by atoms with Gasteiger partial charge in [0.1, 0.15) is 0 Å². The quantitative estimate of drug-likeness (QED) is 0.514. The van der Waals surface area contributed by atoms with Crippen molar-refractivity contribution in [2.45, 2.75) is 0 Å². The summed E-state index contributed by atoms with van der Waals surface area (Å²) in [6.07, 6.45) is 1.77. The van der Waals surface area contributed by atoms with Gasteiger partial charge in [-0.1, -0.05) is 46.3 Å². The molecule has 0 saturated carbocycles. The summed E-state index contributed by atoms with van der Waals surface area (Å²) in [5.41, 5.74) is 1.96. The van der Waals surface area contributed by atoms with Crippen molar-refractivity contribution in [1.29, 1.82) is 0 Å². The number of para-hydroxylation sites is 1. The Morgan fingerprint density at radius 1 is 1.15 bits per heavy atom. The minimum Gasteiger partial charge on any atom is -0.331 e. The molecule has 0 aliphatic rings. The summed E-state index contributed by atoms with van der Waals surface area (Å²) in [4.78, 5) is 0. The number of hydrazone groups is 1. The van der Waals surface area contributed by atoms with Crippen LogP contribution in [0.4, 0.5) is 5.69 Å². The molecule has 0 aliphatic heterocycles. The predicted molar refractivity (Wildman–Crippen MR) is 92.2 cm³/mol.